The maximum absolute atomic E-state index is 10.9. The van der Waals surface area contributed by atoms with Crippen LogP contribution in [0.1, 0.15) is 21.5 Å². The summed E-state index contributed by atoms with van der Waals surface area (Å²) < 4.78 is 0. The zero-order valence-electron chi connectivity index (χ0n) is 7.65. The summed E-state index contributed by atoms with van der Waals surface area (Å²) in [5.41, 5.74) is -0.301. The molecule has 0 unspecified atom stereocenters. The molecule has 0 bridgehead atoms. The highest BCUT2D eigenvalue weighted by Crippen LogP contribution is 2.26. The number of halogens is 1. The molecular formula is C9H5ClN2O3. The van der Waals surface area contributed by atoms with Crippen molar-refractivity contribution in [3.05, 3.63) is 38.9 Å². The van der Waals surface area contributed by atoms with Gasteiger partial charge in [-0.15, -0.1) is 0 Å². The van der Waals surface area contributed by atoms with Crippen LogP contribution in [-0.4, -0.2) is 10.2 Å². The fourth-order valence-electron chi connectivity index (χ4n) is 1.24. The Morgan fingerprint density at radius 2 is 2.20 bits per heavy atom. The van der Waals surface area contributed by atoms with Crippen LogP contribution >= 0.6 is 11.6 Å². The van der Waals surface area contributed by atoms with E-state index >= 15 is 0 Å². The molecule has 0 aliphatic rings. The Hall–Kier alpha value is -1.93. The van der Waals surface area contributed by atoms with Gasteiger partial charge in [-0.25, -0.2) is 0 Å². The molecule has 0 spiro atoms. The van der Waals surface area contributed by atoms with E-state index in [2.05, 4.69) is 0 Å². The molecule has 0 saturated carbocycles. The largest absolute Gasteiger partial charge is 0.290 e. The van der Waals surface area contributed by atoms with Crippen LogP contribution in [0.3, 0.4) is 0 Å². The predicted octanol–water partition coefficient (Wildman–Crippen LogP) is 2.15. The molecule has 0 saturated heterocycles. The monoisotopic (exact) mass is 224 g/mol. The average molecular weight is 225 g/mol. The Balaban J connectivity index is 3.58. The number of carbonyl (C=O) groups is 1. The normalized spacial score (nSPS) is 9.40. The SMILES string of the molecule is Cc1c(C(=O)Cl)ccc(C#N)c1[N+](=O)[O-]. The van der Waals surface area contributed by atoms with Crippen LogP contribution in [0.15, 0.2) is 12.1 Å². The molecule has 0 fully saturated rings. The summed E-state index contributed by atoms with van der Waals surface area (Å²) in [4.78, 5) is 20.9. The lowest BCUT2D eigenvalue weighted by molar-refractivity contribution is -0.385. The minimum atomic E-state index is -0.778. The minimum Gasteiger partial charge on any atom is -0.276 e. The number of hydrogen-bond acceptors (Lipinski definition) is 4. The zero-order chi connectivity index (χ0) is 11.6. The molecule has 0 amide bonds. The maximum Gasteiger partial charge on any atom is 0.290 e. The summed E-state index contributed by atoms with van der Waals surface area (Å²) in [6, 6.07) is 4.20. The first-order valence-electron chi connectivity index (χ1n) is 3.87. The van der Waals surface area contributed by atoms with E-state index in [1.54, 1.807) is 6.07 Å². The van der Waals surface area contributed by atoms with Gasteiger partial charge in [0.1, 0.15) is 11.6 Å². The number of nitro groups is 1. The van der Waals surface area contributed by atoms with Crippen LogP contribution in [0.25, 0.3) is 0 Å². The third-order valence-corrected chi connectivity index (χ3v) is 2.15. The first kappa shape index (κ1) is 11.1. The second-order valence-corrected chi connectivity index (χ2v) is 3.12. The molecule has 1 aromatic carbocycles. The Kier molecular flexibility index (Phi) is 3.02. The first-order valence-corrected chi connectivity index (χ1v) is 4.24. The van der Waals surface area contributed by atoms with Gasteiger partial charge in [-0.2, -0.15) is 5.26 Å². The fourth-order valence-corrected chi connectivity index (χ4v) is 1.44. The molecule has 0 aliphatic heterocycles. The molecule has 15 heavy (non-hydrogen) atoms. The number of benzene rings is 1. The van der Waals surface area contributed by atoms with Crippen molar-refractivity contribution in [2.75, 3.05) is 0 Å². The van der Waals surface area contributed by atoms with Gasteiger partial charge in [-0.05, 0) is 30.7 Å². The molecule has 0 N–H and O–H groups in total. The van der Waals surface area contributed by atoms with Crippen LogP contribution < -0.4 is 0 Å². The Bertz CT molecular complexity index is 491. The van der Waals surface area contributed by atoms with E-state index in [0.717, 1.165) is 0 Å². The van der Waals surface area contributed by atoms with E-state index in [9.17, 15) is 14.9 Å². The number of hydrogen-bond donors (Lipinski definition) is 0. The lowest BCUT2D eigenvalue weighted by Crippen LogP contribution is -2.01. The molecule has 0 atom stereocenters. The highest BCUT2D eigenvalue weighted by molar-refractivity contribution is 6.68. The van der Waals surface area contributed by atoms with Crippen molar-refractivity contribution < 1.29 is 9.72 Å². The second kappa shape index (κ2) is 4.07. The Labute approximate surface area is 90.0 Å². The molecular weight excluding hydrogens is 220 g/mol. The van der Waals surface area contributed by atoms with Crippen LogP contribution in [0.4, 0.5) is 5.69 Å². The second-order valence-electron chi connectivity index (χ2n) is 2.78. The van der Waals surface area contributed by atoms with Gasteiger partial charge >= 0.3 is 0 Å². The quantitative estimate of drug-likeness (QED) is 0.438. The standard InChI is InChI=1S/C9H5ClN2O3/c1-5-7(9(10)13)3-2-6(4-11)8(5)12(14)15/h2-3H,1H3. The van der Waals surface area contributed by atoms with Gasteiger partial charge in [0.25, 0.3) is 10.9 Å². The molecule has 0 heterocycles. The number of nitro benzene ring substituents is 1. The van der Waals surface area contributed by atoms with Crippen LogP contribution in [0, 0.1) is 28.4 Å². The van der Waals surface area contributed by atoms with Gasteiger partial charge < -0.3 is 0 Å². The smallest absolute Gasteiger partial charge is 0.276 e. The average Bonchev–Trinajstić information content (AvgIpc) is 2.15. The molecule has 1 aromatic rings. The maximum atomic E-state index is 10.9. The van der Waals surface area contributed by atoms with Crippen molar-refractivity contribution in [2.24, 2.45) is 0 Å². The lowest BCUT2D eigenvalue weighted by Gasteiger charge is -2.02. The summed E-state index contributed by atoms with van der Waals surface area (Å²) in [7, 11) is 0. The summed E-state index contributed by atoms with van der Waals surface area (Å²) >= 11 is 5.24. The van der Waals surface area contributed by atoms with Crippen molar-refractivity contribution in [2.45, 2.75) is 6.92 Å². The summed E-state index contributed by atoms with van der Waals surface area (Å²) in [5.74, 6) is 0. The molecule has 1 rings (SSSR count). The van der Waals surface area contributed by atoms with Gasteiger partial charge in [0, 0.05) is 11.1 Å². The topological polar surface area (TPSA) is 84.0 Å². The number of carbonyl (C=O) groups excluding carboxylic acids is 1. The predicted molar refractivity (Wildman–Crippen MR) is 52.7 cm³/mol. The summed E-state index contributed by atoms with van der Waals surface area (Å²) in [6.07, 6.45) is 0. The van der Waals surface area contributed by atoms with Gasteiger partial charge in [-0.3, -0.25) is 14.9 Å². The van der Waals surface area contributed by atoms with E-state index in [4.69, 9.17) is 16.9 Å². The van der Waals surface area contributed by atoms with Gasteiger partial charge in [0.05, 0.1) is 4.92 Å². The Morgan fingerprint density at radius 1 is 1.60 bits per heavy atom. The van der Waals surface area contributed by atoms with Gasteiger partial charge in [0.15, 0.2) is 0 Å². The summed E-state index contributed by atoms with van der Waals surface area (Å²) in [6.45, 7) is 1.38. The number of nitriles is 1. The molecule has 6 heteroatoms. The van der Waals surface area contributed by atoms with Gasteiger partial charge in [0.2, 0.25) is 0 Å². The highest BCUT2D eigenvalue weighted by atomic mass is 35.5. The molecule has 0 aliphatic carbocycles. The Morgan fingerprint density at radius 3 is 2.60 bits per heavy atom. The molecule has 5 nitrogen and oxygen atoms in total. The summed E-state index contributed by atoms with van der Waals surface area (Å²) in [5, 5.41) is 18.5. The van der Waals surface area contributed by atoms with Crippen LogP contribution in [-0.2, 0) is 0 Å². The highest BCUT2D eigenvalue weighted by Gasteiger charge is 2.22. The molecule has 0 radical (unpaired) electrons. The van der Waals surface area contributed by atoms with Crippen molar-refractivity contribution in [3.63, 3.8) is 0 Å². The van der Waals surface area contributed by atoms with Crippen molar-refractivity contribution in [3.8, 4) is 6.07 Å². The van der Waals surface area contributed by atoms with Crippen LogP contribution in [0.2, 0.25) is 0 Å². The molecule has 0 aromatic heterocycles. The van der Waals surface area contributed by atoms with Crippen molar-refractivity contribution >= 4 is 22.5 Å². The fraction of sp³-hybridized carbons (Fsp3) is 0.111. The van der Waals surface area contributed by atoms with Crippen LogP contribution in [0.5, 0.6) is 0 Å². The van der Waals surface area contributed by atoms with E-state index in [-0.39, 0.29) is 22.4 Å². The van der Waals surface area contributed by atoms with E-state index in [1.807, 2.05) is 0 Å². The lowest BCUT2D eigenvalue weighted by atomic mass is 10.0. The minimum absolute atomic E-state index is 0.0439. The third kappa shape index (κ3) is 1.95. The van der Waals surface area contributed by atoms with Crippen molar-refractivity contribution in [1.29, 1.82) is 5.26 Å². The molecule has 76 valence electrons. The number of rotatable bonds is 2. The first-order chi connectivity index (χ1) is 6.99. The van der Waals surface area contributed by atoms with E-state index in [0.29, 0.717) is 0 Å². The third-order valence-electron chi connectivity index (χ3n) is 1.95. The number of nitrogens with zero attached hydrogens (tertiary/aromatic N) is 2. The zero-order valence-corrected chi connectivity index (χ0v) is 8.41. The van der Waals surface area contributed by atoms with E-state index < -0.39 is 10.2 Å². The van der Waals surface area contributed by atoms with Crippen molar-refractivity contribution in [1.82, 2.24) is 0 Å². The van der Waals surface area contributed by atoms with Gasteiger partial charge in [-0.1, -0.05) is 0 Å². The van der Waals surface area contributed by atoms with E-state index in [1.165, 1.54) is 19.1 Å².